The predicted molar refractivity (Wildman–Crippen MR) is 109 cm³/mol. The maximum Gasteiger partial charge on any atom is 0.212 e. The first-order valence-electron chi connectivity index (χ1n) is 8.99. The molecule has 0 bridgehead atoms. The fourth-order valence-corrected chi connectivity index (χ4v) is 2.80. The van der Waals surface area contributed by atoms with Gasteiger partial charge >= 0.3 is 0 Å². The highest BCUT2D eigenvalue weighted by Crippen LogP contribution is 2.24. The molecule has 0 saturated carbocycles. The molecule has 0 radical (unpaired) electrons. The summed E-state index contributed by atoms with van der Waals surface area (Å²) in [6.07, 6.45) is 5.36. The van der Waals surface area contributed by atoms with Gasteiger partial charge < -0.3 is 10.1 Å². The number of ether oxygens (including phenoxy) is 1. The van der Waals surface area contributed by atoms with Crippen molar-refractivity contribution in [3.63, 3.8) is 0 Å². The fraction of sp³-hybridized carbons (Fsp3) is 0.190. The van der Waals surface area contributed by atoms with Crippen molar-refractivity contribution in [2.24, 2.45) is 0 Å². The van der Waals surface area contributed by atoms with Gasteiger partial charge in [0.25, 0.3) is 0 Å². The first-order chi connectivity index (χ1) is 13.6. The van der Waals surface area contributed by atoms with Gasteiger partial charge in [0.1, 0.15) is 5.82 Å². The van der Waals surface area contributed by atoms with E-state index < -0.39 is 0 Å². The van der Waals surface area contributed by atoms with Crippen LogP contribution in [0.15, 0.2) is 55.0 Å². The topological polar surface area (TPSA) is 85.7 Å². The molecular weight excluding hydrogens is 352 g/mol. The van der Waals surface area contributed by atoms with Crippen LogP contribution in [0.3, 0.4) is 0 Å². The third-order valence-electron chi connectivity index (χ3n) is 4.41. The second-order valence-electron chi connectivity index (χ2n) is 6.70. The van der Waals surface area contributed by atoms with Gasteiger partial charge in [0, 0.05) is 29.6 Å². The Morgan fingerprint density at radius 1 is 0.857 bits per heavy atom. The van der Waals surface area contributed by atoms with Gasteiger partial charge in [0.05, 0.1) is 24.3 Å². The van der Waals surface area contributed by atoms with Crippen LogP contribution < -0.4 is 10.1 Å². The lowest BCUT2D eigenvalue weighted by molar-refractivity contribution is 0.398. The highest BCUT2D eigenvalue weighted by Gasteiger charge is 2.07. The van der Waals surface area contributed by atoms with E-state index >= 15 is 0 Å². The molecule has 0 spiro atoms. The van der Waals surface area contributed by atoms with E-state index in [9.17, 15) is 0 Å². The van der Waals surface area contributed by atoms with Crippen molar-refractivity contribution in [3.8, 4) is 17.0 Å². The zero-order valence-corrected chi connectivity index (χ0v) is 15.9. The van der Waals surface area contributed by atoms with Crippen molar-refractivity contribution in [2.45, 2.75) is 19.8 Å². The Hall–Kier alpha value is -3.61. The summed E-state index contributed by atoms with van der Waals surface area (Å²) in [4.78, 5) is 13.4. The second-order valence-corrected chi connectivity index (χ2v) is 6.70. The summed E-state index contributed by atoms with van der Waals surface area (Å²) in [6.45, 7) is 4.24. The lowest BCUT2D eigenvalue weighted by atomic mass is 10.1. The Morgan fingerprint density at radius 3 is 2.46 bits per heavy atom. The van der Waals surface area contributed by atoms with Crippen molar-refractivity contribution in [3.05, 3.63) is 60.6 Å². The normalized spacial score (nSPS) is 11.0. The molecule has 4 rings (SSSR count). The Kier molecular flexibility index (Phi) is 4.80. The SMILES string of the molecule is COc1ccc(-c2cnc3ccc(Nc4cc(C(C)C)cnn4)nc3c2)cn1. The molecule has 0 aliphatic carbocycles. The molecule has 1 N–H and O–H groups in total. The summed E-state index contributed by atoms with van der Waals surface area (Å²) in [6, 6.07) is 11.6. The molecule has 0 atom stereocenters. The van der Waals surface area contributed by atoms with E-state index in [0.29, 0.717) is 23.4 Å². The molecule has 7 nitrogen and oxygen atoms in total. The van der Waals surface area contributed by atoms with Gasteiger partial charge in [-0.25, -0.2) is 9.97 Å². The van der Waals surface area contributed by atoms with E-state index in [-0.39, 0.29) is 0 Å². The van der Waals surface area contributed by atoms with Crippen LogP contribution in [0, 0.1) is 0 Å². The molecule has 4 heterocycles. The standard InChI is InChI=1S/C21H20N6O/c1-13(2)15-9-20(27-24-12-15)26-19-6-5-17-18(25-19)8-16(11-22-17)14-4-7-21(28-3)23-10-14/h4-13H,1-3H3,(H,25,26,27). The van der Waals surface area contributed by atoms with Gasteiger partial charge in [-0.3, -0.25) is 4.98 Å². The van der Waals surface area contributed by atoms with E-state index in [1.807, 2.05) is 42.6 Å². The number of rotatable bonds is 5. The number of hydrogen-bond acceptors (Lipinski definition) is 7. The molecule has 0 aliphatic rings. The van der Waals surface area contributed by atoms with Gasteiger partial charge in [-0.2, -0.15) is 5.10 Å². The lowest BCUT2D eigenvalue weighted by Crippen LogP contribution is -2.00. The third-order valence-corrected chi connectivity index (χ3v) is 4.41. The lowest BCUT2D eigenvalue weighted by Gasteiger charge is -2.09. The van der Waals surface area contributed by atoms with Crippen molar-refractivity contribution in [1.82, 2.24) is 25.1 Å². The highest BCUT2D eigenvalue weighted by atomic mass is 16.5. The van der Waals surface area contributed by atoms with Crippen LogP contribution in [0.4, 0.5) is 11.6 Å². The number of fused-ring (bicyclic) bond motifs is 1. The Labute approximate surface area is 162 Å². The van der Waals surface area contributed by atoms with Gasteiger partial charge in [-0.15, -0.1) is 5.10 Å². The van der Waals surface area contributed by atoms with Crippen LogP contribution in [0.5, 0.6) is 5.88 Å². The zero-order valence-electron chi connectivity index (χ0n) is 15.9. The van der Waals surface area contributed by atoms with Crippen LogP contribution >= 0.6 is 0 Å². The second kappa shape index (κ2) is 7.56. The van der Waals surface area contributed by atoms with Crippen molar-refractivity contribution >= 4 is 22.7 Å². The number of pyridine rings is 3. The van der Waals surface area contributed by atoms with E-state index in [4.69, 9.17) is 4.74 Å². The van der Waals surface area contributed by atoms with Crippen molar-refractivity contribution in [1.29, 1.82) is 0 Å². The fourth-order valence-electron chi connectivity index (χ4n) is 2.80. The smallest absolute Gasteiger partial charge is 0.212 e. The van der Waals surface area contributed by atoms with Crippen molar-refractivity contribution < 1.29 is 4.74 Å². The molecule has 0 aliphatic heterocycles. The summed E-state index contributed by atoms with van der Waals surface area (Å²) in [5, 5.41) is 11.4. The van der Waals surface area contributed by atoms with Crippen molar-refractivity contribution in [2.75, 3.05) is 12.4 Å². The van der Waals surface area contributed by atoms with Crippen LogP contribution in [-0.2, 0) is 0 Å². The monoisotopic (exact) mass is 372 g/mol. The Morgan fingerprint density at radius 2 is 1.71 bits per heavy atom. The molecule has 28 heavy (non-hydrogen) atoms. The number of methoxy groups -OCH3 is 1. The maximum atomic E-state index is 5.11. The minimum absolute atomic E-state index is 0.380. The van der Waals surface area contributed by atoms with E-state index in [0.717, 1.165) is 27.7 Å². The van der Waals surface area contributed by atoms with Gasteiger partial charge in [-0.1, -0.05) is 13.8 Å². The van der Waals surface area contributed by atoms with E-state index in [1.165, 1.54) is 0 Å². The summed E-state index contributed by atoms with van der Waals surface area (Å²) < 4.78 is 5.11. The molecule has 0 fully saturated rings. The summed E-state index contributed by atoms with van der Waals surface area (Å²) in [5.74, 6) is 2.31. The minimum atomic E-state index is 0.380. The maximum absolute atomic E-state index is 5.11. The molecule has 4 aromatic rings. The number of nitrogens with one attached hydrogen (secondary N) is 1. The summed E-state index contributed by atoms with van der Waals surface area (Å²) >= 11 is 0. The van der Waals surface area contributed by atoms with Gasteiger partial charge in [0.2, 0.25) is 5.88 Å². The van der Waals surface area contributed by atoms with Crippen LogP contribution in [0.2, 0.25) is 0 Å². The third kappa shape index (κ3) is 3.73. The molecule has 7 heteroatoms. The van der Waals surface area contributed by atoms with Gasteiger partial charge in [-0.05, 0) is 41.8 Å². The van der Waals surface area contributed by atoms with Crippen LogP contribution in [0.1, 0.15) is 25.3 Å². The van der Waals surface area contributed by atoms with Crippen LogP contribution in [0.25, 0.3) is 22.2 Å². The average molecular weight is 372 g/mol. The molecule has 0 unspecified atom stereocenters. The molecule has 0 saturated heterocycles. The molecule has 0 aromatic carbocycles. The molecule has 140 valence electrons. The molecule has 4 aromatic heterocycles. The van der Waals surface area contributed by atoms with Crippen LogP contribution in [-0.4, -0.2) is 32.3 Å². The molecule has 0 amide bonds. The summed E-state index contributed by atoms with van der Waals surface area (Å²) in [5.41, 5.74) is 4.61. The quantitative estimate of drug-likeness (QED) is 0.557. The highest BCUT2D eigenvalue weighted by molar-refractivity contribution is 5.81. The summed E-state index contributed by atoms with van der Waals surface area (Å²) in [7, 11) is 1.60. The van der Waals surface area contributed by atoms with Gasteiger partial charge in [0.15, 0.2) is 5.82 Å². The largest absolute Gasteiger partial charge is 0.481 e. The Balaban J connectivity index is 1.65. The number of nitrogens with zero attached hydrogens (tertiary/aromatic N) is 5. The predicted octanol–water partition coefficient (Wildman–Crippen LogP) is 4.36. The molecular formula is C21H20N6O. The zero-order chi connectivity index (χ0) is 19.5. The first kappa shape index (κ1) is 17.8. The number of hydrogen-bond donors (Lipinski definition) is 1. The number of anilines is 2. The average Bonchev–Trinajstić information content (AvgIpc) is 2.73. The van der Waals surface area contributed by atoms with E-state index in [1.54, 1.807) is 19.5 Å². The minimum Gasteiger partial charge on any atom is -0.481 e. The number of aromatic nitrogens is 5. The Bertz CT molecular complexity index is 1110. The first-order valence-corrected chi connectivity index (χ1v) is 8.99. The van der Waals surface area contributed by atoms with E-state index in [2.05, 4.69) is 44.3 Å².